The molecule has 1 unspecified atom stereocenters. The number of nitrogens with zero attached hydrogens (tertiary/aromatic N) is 4. The van der Waals surface area contributed by atoms with Crippen molar-refractivity contribution in [2.45, 2.75) is 18.9 Å². The minimum absolute atomic E-state index is 0.00799. The van der Waals surface area contributed by atoms with E-state index in [9.17, 15) is 4.79 Å². The molecule has 1 aliphatic rings. The quantitative estimate of drug-likeness (QED) is 0.733. The van der Waals surface area contributed by atoms with Gasteiger partial charge in [0.1, 0.15) is 12.4 Å². The molecule has 25 heavy (non-hydrogen) atoms. The van der Waals surface area contributed by atoms with Crippen LogP contribution in [0.5, 0.6) is 5.88 Å². The summed E-state index contributed by atoms with van der Waals surface area (Å²) < 4.78 is 7.90. The van der Waals surface area contributed by atoms with Gasteiger partial charge in [0.2, 0.25) is 11.8 Å². The van der Waals surface area contributed by atoms with Gasteiger partial charge in [-0.15, -0.1) is 0 Å². The smallest absolute Gasteiger partial charge is 0.227 e. The van der Waals surface area contributed by atoms with Crippen molar-refractivity contribution in [3.63, 3.8) is 0 Å². The summed E-state index contributed by atoms with van der Waals surface area (Å²) in [5.74, 6) is 0.702. The summed E-state index contributed by atoms with van der Waals surface area (Å²) in [7, 11) is 2.01. The number of hydrogen-bond donors (Lipinski definition) is 0. The molecule has 0 radical (unpaired) electrons. The Balaban J connectivity index is 1.42. The van der Waals surface area contributed by atoms with Crippen molar-refractivity contribution in [2.24, 2.45) is 7.05 Å². The van der Waals surface area contributed by atoms with E-state index in [2.05, 4.69) is 26.7 Å². The van der Waals surface area contributed by atoms with Crippen LogP contribution in [0.15, 0.2) is 49.1 Å². The Morgan fingerprint density at radius 2 is 2.20 bits per heavy atom. The van der Waals surface area contributed by atoms with Crippen LogP contribution < -0.4 is 4.74 Å². The number of aromatic nitrogens is 3. The monoisotopic (exact) mass is 336 g/mol. The zero-order valence-corrected chi connectivity index (χ0v) is 14.1. The number of para-hydroxylation sites is 1. The van der Waals surface area contributed by atoms with Gasteiger partial charge < -0.3 is 14.2 Å². The summed E-state index contributed by atoms with van der Waals surface area (Å²) >= 11 is 0. The fraction of sp³-hybridized carbons (Fsp3) is 0.316. The summed E-state index contributed by atoms with van der Waals surface area (Å²) in [4.78, 5) is 22.5. The maximum atomic E-state index is 12.7. The predicted molar refractivity (Wildman–Crippen MR) is 94.3 cm³/mol. The number of hydrogen-bond acceptors (Lipinski definition) is 4. The number of rotatable bonds is 4. The number of ether oxygens (including phenoxy) is 1. The maximum absolute atomic E-state index is 12.7. The molecule has 3 heterocycles. The van der Waals surface area contributed by atoms with Gasteiger partial charge in [-0.3, -0.25) is 4.79 Å². The molecule has 3 aromatic rings. The zero-order valence-electron chi connectivity index (χ0n) is 14.1. The van der Waals surface area contributed by atoms with Crippen LogP contribution in [0.2, 0.25) is 0 Å². The van der Waals surface area contributed by atoms with Crippen molar-refractivity contribution in [2.75, 3.05) is 13.1 Å². The van der Waals surface area contributed by atoms with E-state index < -0.39 is 0 Å². The van der Waals surface area contributed by atoms with Gasteiger partial charge in [0, 0.05) is 49.4 Å². The van der Waals surface area contributed by atoms with Crippen molar-refractivity contribution >= 4 is 16.8 Å². The van der Waals surface area contributed by atoms with Crippen LogP contribution in [0.25, 0.3) is 10.9 Å². The van der Waals surface area contributed by atoms with Crippen molar-refractivity contribution in [1.82, 2.24) is 19.4 Å². The Kier molecular flexibility index (Phi) is 4.09. The summed E-state index contributed by atoms with van der Waals surface area (Å²) in [5.41, 5.74) is 2.22. The molecule has 0 aliphatic carbocycles. The van der Waals surface area contributed by atoms with Crippen LogP contribution in [0.3, 0.4) is 0 Å². The normalized spacial score (nSPS) is 17.2. The van der Waals surface area contributed by atoms with E-state index in [-0.39, 0.29) is 12.0 Å². The predicted octanol–water partition coefficient (Wildman–Crippen LogP) is 2.19. The molecule has 4 rings (SSSR count). The first-order chi connectivity index (χ1) is 12.2. The number of carbonyl (C=O) groups excluding carboxylic acids is 1. The lowest BCUT2D eigenvalue weighted by Crippen LogP contribution is -2.32. The molecule has 0 bridgehead atoms. The summed E-state index contributed by atoms with van der Waals surface area (Å²) in [6.45, 7) is 1.33. The molecular weight excluding hydrogens is 316 g/mol. The fourth-order valence-electron chi connectivity index (χ4n) is 3.41. The fourth-order valence-corrected chi connectivity index (χ4v) is 3.41. The molecule has 1 aliphatic heterocycles. The Labute approximate surface area is 146 Å². The maximum Gasteiger partial charge on any atom is 0.227 e. The van der Waals surface area contributed by atoms with Gasteiger partial charge in [-0.1, -0.05) is 18.2 Å². The lowest BCUT2D eigenvalue weighted by atomic mass is 10.1. The van der Waals surface area contributed by atoms with Crippen molar-refractivity contribution < 1.29 is 9.53 Å². The third kappa shape index (κ3) is 3.20. The largest absolute Gasteiger partial charge is 0.472 e. The van der Waals surface area contributed by atoms with Gasteiger partial charge >= 0.3 is 0 Å². The number of benzene rings is 1. The second-order valence-corrected chi connectivity index (χ2v) is 6.38. The third-order valence-corrected chi connectivity index (χ3v) is 4.66. The van der Waals surface area contributed by atoms with Gasteiger partial charge in [0.05, 0.1) is 13.0 Å². The molecule has 1 fully saturated rings. The first-order valence-electron chi connectivity index (χ1n) is 8.44. The molecule has 0 spiro atoms. The Morgan fingerprint density at radius 3 is 3.04 bits per heavy atom. The highest BCUT2D eigenvalue weighted by molar-refractivity contribution is 5.89. The highest BCUT2D eigenvalue weighted by Gasteiger charge is 2.28. The SMILES string of the molecule is Cn1cc(CC(=O)N2CCC(Oc3ccncn3)C2)c2ccccc21. The van der Waals surface area contributed by atoms with Crippen LogP contribution in [0, 0.1) is 0 Å². The van der Waals surface area contributed by atoms with E-state index in [1.165, 1.54) is 6.33 Å². The standard InChI is InChI=1S/C19H20N4O2/c1-22-11-14(16-4-2-3-5-17(16)22)10-19(24)23-9-7-15(12-23)25-18-6-8-20-13-21-18/h2-6,8,11,13,15H,7,9-10,12H2,1H3. The van der Waals surface area contributed by atoms with E-state index in [0.717, 1.165) is 29.4 Å². The first kappa shape index (κ1) is 15.6. The summed E-state index contributed by atoms with van der Waals surface area (Å²) in [5, 5.41) is 1.14. The molecule has 1 amide bonds. The zero-order chi connectivity index (χ0) is 17.2. The van der Waals surface area contributed by atoms with Crippen LogP contribution in [-0.4, -0.2) is 44.5 Å². The lowest BCUT2D eigenvalue weighted by Gasteiger charge is -2.16. The molecule has 1 aromatic carbocycles. The molecular formula is C19H20N4O2. The van der Waals surface area contributed by atoms with Crippen molar-refractivity contribution in [3.8, 4) is 5.88 Å². The number of amides is 1. The van der Waals surface area contributed by atoms with E-state index in [0.29, 0.717) is 18.8 Å². The highest BCUT2D eigenvalue weighted by Crippen LogP contribution is 2.22. The molecule has 1 saturated heterocycles. The topological polar surface area (TPSA) is 60.2 Å². The van der Waals surface area contributed by atoms with Gasteiger partial charge in [-0.25, -0.2) is 9.97 Å². The minimum atomic E-state index is -0.00799. The van der Waals surface area contributed by atoms with Crippen molar-refractivity contribution in [1.29, 1.82) is 0 Å². The molecule has 128 valence electrons. The number of fused-ring (bicyclic) bond motifs is 1. The Morgan fingerprint density at radius 1 is 1.32 bits per heavy atom. The number of carbonyl (C=O) groups is 1. The van der Waals surface area contributed by atoms with Gasteiger partial charge in [0.15, 0.2) is 0 Å². The first-order valence-corrected chi connectivity index (χ1v) is 8.44. The summed E-state index contributed by atoms with van der Waals surface area (Å²) in [6, 6.07) is 9.91. The second kappa shape index (κ2) is 6.55. The van der Waals surface area contributed by atoms with Gasteiger partial charge in [-0.2, -0.15) is 0 Å². The Bertz CT molecular complexity index is 891. The van der Waals surface area contributed by atoms with Crippen LogP contribution in [-0.2, 0) is 18.3 Å². The second-order valence-electron chi connectivity index (χ2n) is 6.38. The van der Waals surface area contributed by atoms with E-state index in [4.69, 9.17) is 4.74 Å². The molecule has 0 N–H and O–H groups in total. The van der Waals surface area contributed by atoms with E-state index >= 15 is 0 Å². The van der Waals surface area contributed by atoms with Crippen molar-refractivity contribution in [3.05, 3.63) is 54.6 Å². The average Bonchev–Trinajstić information content (AvgIpc) is 3.22. The summed E-state index contributed by atoms with van der Waals surface area (Å²) in [6.07, 6.45) is 6.40. The molecule has 1 atom stereocenters. The Hall–Kier alpha value is -2.89. The number of aryl methyl sites for hydroxylation is 1. The van der Waals surface area contributed by atoms with Crippen LogP contribution in [0.4, 0.5) is 0 Å². The van der Waals surface area contributed by atoms with E-state index in [1.807, 2.05) is 30.3 Å². The lowest BCUT2D eigenvalue weighted by molar-refractivity contribution is -0.129. The average molecular weight is 336 g/mol. The van der Waals surface area contributed by atoms with Gasteiger partial charge in [-0.05, 0) is 11.6 Å². The minimum Gasteiger partial charge on any atom is -0.472 e. The van der Waals surface area contributed by atoms with E-state index in [1.54, 1.807) is 12.3 Å². The van der Waals surface area contributed by atoms with Crippen LogP contribution >= 0.6 is 0 Å². The molecule has 6 nitrogen and oxygen atoms in total. The van der Waals surface area contributed by atoms with Gasteiger partial charge in [0.25, 0.3) is 0 Å². The number of likely N-dealkylation sites (tertiary alicyclic amines) is 1. The molecule has 6 heteroatoms. The third-order valence-electron chi connectivity index (χ3n) is 4.66. The van der Waals surface area contributed by atoms with Crippen LogP contribution in [0.1, 0.15) is 12.0 Å². The molecule has 2 aromatic heterocycles. The highest BCUT2D eigenvalue weighted by atomic mass is 16.5. The molecule has 0 saturated carbocycles.